The van der Waals surface area contributed by atoms with Crippen LogP contribution in [0.25, 0.3) is 11.0 Å². The molecule has 1 heterocycles. The summed E-state index contributed by atoms with van der Waals surface area (Å²) in [6, 6.07) is 8.42. The lowest BCUT2D eigenvalue weighted by atomic mass is 10.1. The number of imidazole rings is 1. The first-order valence-electron chi connectivity index (χ1n) is 6.61. The van der Waals surface area contributed by atoms with Crippen LogP contribution in [0.4, 0.5) is 0 Å². The Morgan fingerprint density at radius 3 is 2.89 bits per heavy atom. The molecule has 18 heavy (non-hydrogen) atoms. The van der Waals surface area contributed by atoms with E-state index < -0.39 is 0 Å². The van der Waals surface area contributed by atoms with Crippen molar-refractivity contribution in [2.75, 3.05) is 6.61 Å². The third-order valence-electron chi connectivity index (χ3n) is 3.85. The Morgan fingerprint density at radius 1 is 1.33 bits per heavy atom. The molecule has 1 saturated carbocycles. The Labute approximate surface area is 106 Å². The van der Waals surface area contributed by atoms with Crippen LogP contribution in [-0.4, -0.2) is 27.3 Å². The molecule has 0 amide bonds. The van der Waals surface area contributed by atoms with Crippen LogP contribution in [0.15, 0.2) is 24.3 Å². The van der Waals surface area contributed by atoms with Crippen LogP contribution in [-0.2, 0) is 6.54 Å². The smallest absolute Gasteiger partial charge is 0.113 e. The lowest BCUT2D eigenvalue weighted by Crippen LogP contribution is -2.16. The van der Waals surface area contributed by atoms with Gasteiger partial charge in [0.1, 0.15) is 5.82 Å². The van der Waals surface area contributed by atoms with Crippen LogP contribution in [0.1, 0.15) is 31.0 Å². The number of benzene rings is 1. The average Bonchev–Trinajstić information content (AvgIpc) is 2.95. The van der Waals surface area contributed by atoms with E-state index in [0.29, 0.717) is 18.5 Å². The van der Waals surface area contributed by atoms with Gasteiger partial charge in [0.2, 0.25) is 0 Å². The van der Waals surface area contributed by atoms with E-state index in [9.17, 15) is 5.11 Å². The topological polar surface area (TPSA) is 64.1 Å². The fraction of sp³-hybridized carbons (Fsp3) is 0.500. The summed E-state index contributed by atoms with van der Waals surface area (Å²) in [7, 11) is 0. The van der Waals surface area contributed by atoms with Crippen molar-refractivity contribution in [2.24, 2.45) is 5.73 Å². The van der Waals surface area contributed by atoms with Crippen LogP contribution in [0.3, 0.4) is 0 Å². The molecule has 1 aliphatic rings. The third kappa shape index (κ3) is 1.91. The van der Waals surface area contributed by atoms with Crippen LogP contribution in [0.5, 0.6) is 0 Å². The van der Waals surface area contributed by atoms with Crippen molar-refractivity contribution in [3.63, 3.8) is 0 Å². The molecule has 0 spiro atoms. The molecule has 2 unspecified atom stereocenters. The van der Waals surface area contributed by atoms with Gasteiger partial charge in [-0.2, -0.15) is 0 Å². The Kier molecular flexibility index (Phi) is 3.06. The summed E-state index contributed by atoms with van der Waals surface area (Å²) in [4.78, 5) is 4.74. The molecule has 0 radical (unpaired) electrons. The molecule has 0 bridgehead atoms. The highest BCUT2D eigenvalue weighted by Gasteiger charge is 2.27. The number of aliphatic hydroxyl groups is 1. The van der Waals surface area contributed by atoms with Crippen LogP contribution in [0.2, 0.25) is 0 Å². The Morgan fingerprint density at radius 2 is 2.17 bits per heavy atom. The molecular weight excluding hydrogens is 226 g/mol. The summed E-state index contributed by atoms with van der Waals surface area (Å²) in [5, 5.41) is 9.24. The summed E-state index contributed by atoms with van der Waals surface area (Å²) in [5.41, 5.74) is 8.12. The number of hydrogen-bond acceptors (Lipinski definition) is 3. The monoisotopic (exact) mass is 245 g/mol. The molecule has 4 heteroatoms. The maximum absolute atomic E-state index is 9.24. The van der Waals surface area contributed by atoms with E-state index in [0.717, 1.165) is 36.1 Å². The molecule has 96 valence electrons. The van der Waals surface area contributed by atoms with E-state index in [-0.39, 0.29) is 6.61 Å². The van der Waals surface area contributed by atoms with Crippen LogP contribution < -0.4 is 5.73 Å². The fourth-order valence-electron chi connectivity index (χ4n) is 2.99. The number of aliphatic hydroxyl groups excluding tert-OH is 1. The minimum atomic E-state index is 0.145. The summed E-state index contributed by atoms with van der Waals surface area (Å²) in [6.07, 6.45) is 3.19. The van der Waals surface area contributed by atoms with E-state index in [2.05, 4.69) is 10.6 Å². The molecule has 0 saturated heterocycles. The zero-order chi connectivity index (χ0) is 12.5. The molecule has 1 fully saturated rings. The fourth-order valence-corrected chi connectivity index (χ4v) is 2.99. The molecule has 3 N–H and O–H groups in total. The molecule has 0 aliphatic heterocycles. The average molecular weight is 245 g/mol. The number of hydrogen-bond donors (Lipinski definition) is 2. The van der Waals surface area contributed by atoms with Gasteiger partial charge in [-0.05, 0) is 31.4 Å². The van der Waals surface area contributed by atoms with Gasteiger partial charge in [0, 0.05) is 18.5 Å². The van der Waals surface area contributed by atoms with Gasteiger partial charge in [-0.25, -0.2) is 4.98 Å². The predicted molar refractivity (Wildman–Crippen MR) is 71.4 cm³/mol. The summed E-state index contributed by atoms with van der Waals surface area (Å²) in [5.74, 6) is 1.54. The standard InChI is InChI=1S/C14H19N3O/c15-11-6-5-10(9-11)14-16-12-3-1-2-4-13(12)17(14)7-8-18/h1-4,10-11,18H,5-9,15H2. The van der Waals surface area contributed by atoms with Crippen molar-refractivity contribution in [3.05, 3.63) is 30.1 Å². The van der Waals surface area contributed by atoms with Crippen molar-refractivity contribution >= 4 is 11.0 Å². The quantitative estimate of drug-likeness (QED) is 0.863. The van der Waals surface area contributed by atoms with Gasteiger partial charge in [-0.15, -0.1) is 0 Å². The first kappa shape index (κ1) is 11.7. The predicted octanol–water partition coefficient (Wildman–Crippen LogP) is 1.62. The van der Waals surface area contributed by atoms with Gasteiger partial charge >= 0.3 is 0 Å². The lowest BCUT2D eigenvalue weighted by Gasteiger charge is -2.12. The van der Waals surface area contributed by atoms with Gasteiger partial charge in [-0.1, -0.05) is 12.1 Å². The molecule has 4 nitrogen and oxygen atoms in total. The number of nitrogens with two attached hydrogens (primary N) is 1. The van der Waals surface area contributed by atoms with Crippen molar-refractivity contribution in [1.82, 2.24) is 9.55 Å². The number of fused-ring (bicyclic) bond motifs is 1. The molecule has 2 atom stereocenters. The largest absolute Gasteiger partial charge is 0.395 e. The third-order valence-corrected chi connectivity index (χ3v) is 3.85. The highest BCUT2D eigenvalue weighted by Crippen LogP contribution is 2.34. The zero-order valence-corrected chi connectivity index (χ0v) is 10.4. The van der Waals surface area contributed by atoms with E-state index in [1.54, 1.807) is 0 Å². The highest BCUT2D eigenvalue weighted by molar-refractivity contribution is 5.76. The number of aromatic nitrogens is 2. The Balaban J connectivity index is 2.06. The van der Waals surface area contributed by atoms with E-state index in [4.69, 9.17) is 10.7 Å². The van der Waals surface area contributed by atoms with Gasteiger partial charge in [-0.3, -0.25) is 0 Å². The normalized spacial score (nSPS) is 23.9. The van der Waals surface area contributed by atoms with Crippen LogP contribution in [0, 0.1) is 0 Å². The molecule has 1 aliphatic carbocycles. The molecule has 3 rings (SSSR count). The molecule has 1 aromatic heterocycles. The Hall–Kier alpha value is -1.39. The Bertz CT molecular complexity index is 549. The SMILES string of the molecule is NC1CCC(c2nc3ccccc3n2CCO)C1. The van der Waals surface area contributed by atoms with Gasteiger partial charge < -0.3 is 15.4 Å². The van der Waals surface area contributed by atoms with Crippen molar-refractivity contribution < 1.29 is 5.11 Å². The highest BCUT2D eigenvalue weighted by atomic mass is 16.3. The minimum absolute atomic E-state index is 0.145. The summed E-state index contributed by atoms with van der Waals surface area (Å²) in [6.45, 7) is 0.758. The van der Waals surface area contributed by atoms with Crippen molar-refractivity contribution in [2.45, 2.75) is 37.8 Å². The maximum atomic E-state index is 9.24. The van der Waals surface area contributed by atoms with E-state index in [1.165, 1.54) is 0 Å². The maximum Gasteiger partial charge on any atom is 0.113 e. The lowest BCUT2D eigenvalue weighted by molar-refractivity contribution is 0.275. The minimum Gasteiger partial charge on any atom is -0.395 e. The summed E-state index contributed by atoms with van der Waals surface area (Å²) >= 11 is 0. The zero-order valence-electron chi connectivity index (χ0n) is 10.4. The van der Waals surface area contributed by atoms with Gasteiger partial charge in [0.05, 0.1) is 17.6 Å². The molecule has 2 aromatic rings. The van der Waals surface area contributed by atoms with Gasteiger partial charge in [0.25, 0.3) is 0 Å². The first-order valence-corrected chi connectivity index (χ1v) is 6.61. The van der Waals surface area contributed by atoms with E-state index >= 15 is 0 Å². The second kappa shape index (κ2) is 4.71. The first-order chi connectivity index (χ1) is 8.79. The molecule has 1 aromatic carbocycles. The van der Waals surface area contributed by atoms with Crippen molar-refractivity contribution in [3.8, 4) is 0 Å². The number of nitrogens with zero attached hydrogens (tertiary/aromatic N) is 2. The molecular formula is C14H19N3O. The summed E-state index contributed by atoms with van der Waals surface area (Å²) < 4.78 is 2.15. The van der Waals surface area contributed by atoms with E-state index in [1.807, 2.05) is 18.2 Å². The van der Waals surface area contributed by atoms with Gasteiger partial charge in [0.15, 0.2) is 0 Å². The second-order valence-corrected chi connectivity index (χ2v) is 5.10. The van der Waals surface area contributed by atoms with Crippen molar-refractivity contribution in [1.29, 1.82) is 0 Å². The number of para-hydroxylation sites is 2. The van der Waals surface area contributed by atoms with Crippen LogP contribution >= 0.6 is 0 Å². The second-order valence-electron chi connectivity index (χ2n) is 5.10. The number of rotatable bonds is 3.